The normalized spacial score (nSPS) is 15.0. The standard InChI is InChI=1S/C17H19N7O3S/c1-20-9-10(7-18)15(25)23-17-22-12-14(28-17)13(24-3-5-27-6-4-24)11(8-19)21-16(12)26-2/h7,9H,3-6,18H2,1-2H3,(H,22,23,25). The average molecular weight is 401 g/mol. The molecule has 146 valence electrons. The number of hydrogen-bond donors (Lipinski definition) is 2. The van der Waals surface area contributed by atoms with Gasteiger partial charge in [0.05, 0.1) is 36.3 Å². The van der Waals surface area contributed by atoms with Gasteiger partial charge in [0.2, 0.25) is 5.88 Å². The van der Waals surface area contributed by atoms with E-state index in [1.165, 1.54) is 30.9 Å². The van der Waals surface area contributed by atoms with Gasteiger partial charge in [-0.3, -0.25) is 15.1 Å². The summed E-state index contributed by atoms with van der Waals surface area (Å²) in [5, 5.41) is 12.6. The highest BCUT2D eigenvalue weighted by atomic mass is 32.1. The number of rotatable bonds is 5. The number of pyridine rings is 1. The molecule has 11 heteroatoms. The van der Waals surface area contributed by atoms with E-state index in [-0.39, 0.29) is 17.1 Å². The molecule has 0 atom stereocenters. The lowest BCUT2D eigenvalue weighted by molar-refractivity contribution is -0.112. The topological polar surface area (TPSA) is 139 Å². The van der Waals surface area contributed by atoms with Crippen LogP contribution in [0.15, 0.2) is 16.8 Å². The lowest BCUT2D eigenvalue weighted by Gasteiger charge is -2.29. The van der Waals surface area contributed by atoms with Gasteiger partial charge in [0.1, 0.15) is 11.6 Å². The molecule has 2 aromatic rings. The van der Waals surface area contributed by atoms with Crippen LogP contribution in [0, 0.1) is 11.3 Å². The fourth-order valence-electron chi connectivity index (χ4n) is 2.78. The van der Waals surface area contributed by atoms with Gasteiger partial charge in [-0.25, -0.2) is 4.98 Å². The Morgan fingerprint density at radius 2 is 2.21 bits per heavy atom. The number of morpholine rings is 1. The molecule has 1 amide bonds. The number of aromatic nitrogens is 2. The van der Waals surface area contributed by atoms with Crippen LogP contribution in [-0.4, -0.2) is 62.6 Å². The Balaban J connectivity index is 2.08. The number of nitrogens with one attached hydrogen (secondary N) is 1. The first kappa shape index (κ1) is 19.5. The molecule has 10 nitrogen and oxygen atoms in total. The zero-order chi connectivity index (χ0) is 20.1. The average Bonchev–Trinajstić information content (AvgIpc) is 3.14. The molecule has 28 heavy (non-hydrogen) atoms. The number of nitriles is 1. The molecule has 0 aromatic carbocycles. The van der Waals surface area contributed by atoms with Crippen LogP contribution < -0.4 is 20.7 Å². The number of methoxy groups -OCH3 is 1. The van der Waals surface area contributed by atoms with Crippen molar-refractivity contribution in [1.82, 2.24) is 9.97 Å². The molecule has 0 unspecified atom stereocenters. The molecule has 1 aliphatic heterocycles. The summed E-state index contributed by atoms with van der Waals surface area (Å²) in [6, 6.07) is 2.13. The van der Waals surface area contributed by atoms with E-state index >= 15 is 0 Å². The van der Waals surface area contributed by atoms with E-state index in [1.54, 1.807) is 7.05 Å². The maximum atomic E-state index is 12.4. The van der Waals surface area contributed by atoms with Crippen LogP contribution in [-0.2, 0) is 9.53 Å². The second-order valence-electron chi connectivity index (χ2n) is 5.69. The van der Waals surface area contributed by atoms with Crippen LogP contribution >= 0.6 is 11.3 Å². The molecule has 0 spiro atoms. The van der Waals surface area contributed by atoms with Crippen LogP contribution in [0.3, 0.4) is 0 Å². The highest BCUT2D eigenvalue weighted by Gasteiger charge is 2.25. The number of carbonyl (C=O) groups is 1. The first-order valence-corrected chi connectivity index (χ1v) is 9.21. The van der Waals surface area contributed by atoms with Gasteiger partial charge in [0, 0.05) is 32.6 Å². The van der Waals surface area contributed by atoms with Crippen LogP contribution in [0.2, 0.25) is 0 Å². The first-order chi connectivity index (χ1) is 13.6. The molecule has 3 rings (SSSR count). The van der Waals surface area contributed by atoms with Crippen molar-refractivity contribution in [2.75, 3.05) is 50.7 Å². The van der Waals surface area contributed by atoms with Crippen molar-refractivity contribution in [1.29, 1.82) is 5.26 Å². The smallest absolute Gasteiger partial charge is 0.260 e. The Hall–Kier alpha value is -3.23. The summed E-state index contributed by atoms with van der Waals surface area (Å²) in [5.74, 6) is -0.211. The van der Waals surface area contributed by atoms with Gasteiger partial charge in [-0.15, -0.1) is 0 Å². The van der Waals surface area contributed by atoms with Crippen molar-refractivity contribution < 1.29 is 14.3 Å². The molecular formula is C17H19N7O3S. The van der Waals surface area contributed by atoms with Crippen LogP contribution in [0.25, 0.3) is 10.2 Å². The van der Waals surface area contributed by atoms with Crippen molar-refractivity contribution in [2.24, 2.45) is 10.7 Å². The summed E-state index contributed by atoms with van der Waals surface area (Å²) in [7, 11) is 3.00. The number of nitrogens with two attached hydrogens (primary N) is 1. The van der Waals surface area contributed by atoms with Crippen LogP contribution in [0.4, 0.5) is 10.8 Å². The van der Waals surface area contributed by atoms with Crippen molar-refractivity contribution in [3.8, 4) is 11.9 Å². The van der Waals surface area contributed by atoms with Gasteiger partial charge in [-0.05, 0) is 0 Å². The Kier molecular flexibility index (Phi) is 6.03. The Bertz CT molecular complexity index is 987. The van der Waals surface area contributed by atoms with E-state index in [0.717, 1.165) is 0 Å². The number of nitrogens with zero attached hydrogens (tertiary/aromatic N) is 5. The number of hydrogen-bond acceptors (Lipinski definition) is 10. The van der Waals surface area contributed by atoms with E-state index < -0.39 is 5.91 Å². The van der Waals surface area contributed by atoms with Crippen molar-refractivity contribution in [3.05, 3.63) is 17.5 Å². The zero-order valence-electron chi connectivity index (χ0n) is 15.4. The lowest BCUT2D eigenvalue weighted by atomic mass is 10.2. The summed E-state index contributed by atoms with van der Waals surface area (Å²) < 4.78 is 11.4. The molecule has 3 heterocycles. The Morgan fingerprint density at radius 3 is 2.82 bits per heavy atom. The summed E-state index contributed by atoms with van der Waals surface area (Å²) in [6.45, 7) is 2.37. The highest BCUT2D eigenvalue weighted by molar-refractivity contribution is 7.23. The van der Waals surface area contributed by atoms with Crippen LogP contribution in [0.1, 0.15) is 5.69 Å². The second kappa shape index (κ2) is 8.64. The molecular weight excluding hydrogens is 382 g/mol. The number of thiazole rings is 1. The minimum absolute atomic E-state index is 0.206. The summed E-state index contributed by atoms with van der Waals surface area (Å²) in [5.41, 5.74) is 7.08. The second-order valence-corrected chi connectivity index (χ2v) is 6.69. The largest absolute Gasteiger partial charge is 0.479 e. The van der Waals surface area contributed by atoms with Gasteiger partial charge >= 0.3 is 0 Å². The SMILES string of the molecule is CN=CC(=CN)C(=O)Nc1nc2c(OC)nc(C#N)c(N3CCOCC3)c2s1. The molecule has 1 fully saturated rings. The predicted molar refractivity (Wildman–Crippen MR) is 107 cm³/mol. The van der Waals surface area contributed by atoms with E-state index in [1.807, 2.05) is 4.90 Å². The molecule has 0 radical (unpaired) electrons. The van der Waals surface area contributed by atoms with Gasteiger partial charge in [-0.1, -0.05) is 11.3 Å². The fourth-order valence-corrected chi connectivity index (χ4v) is 3.81. The Labute approximate surface area is 165 Å². The fraction of sp³-hybridized carbons (Fsp3) is 0.353. The van der Waals surface area contributed by atoms with E-state index in [9.17, 15) is 10.1 Å². The number of ether oxygens (including phenoxy) is 2. The van der Waals surface area contributed by atoms with E-state index in [2.05, 4.69) is 26.3 Å². The van der Waals surface area contributed by atoms with Gasteiger partial charge in [0.15, 0.2) is 10.8 Å². The number of fused-ring (bicyclic) bond motifs is 1. The van der Waals surface area contributed by atoms with Crippen molar-refractivity contribution >= 4 is 44.5 Å². The third kappa shape index (κ3) is 3.73. The number of anilines is 2. The van der Waals surface area contributed by atoms with Crippen molar-refractivity contribution in [3.63, 3.8) is 0 Å². The third-order valence-electron chi connectivity index (χ3n) is 4.04. The van der Waals surface area contributed by atoms with E-state index in [0.29, 0.717) is 47.3 Å². The number of aliphatic imine (C=N–C) groups is 1. The van der Waals surface area contributed by atoms with Gasteiger partial charge in [-0.2, -0.15) is 10.2 Å². The summed E-state index contributed by atoms with van der Waals surface area (Å²) >= 11 is 1.24. The minimum atomic E-state index is -0.437. The number of carbonyl (C=O) groups excluding carboxylic acids is 1. The molecule has 0 bridgehead atoms. The van der Waals surface area contributed by atoms with Gasteiger partial charge in [0.25, 0.3) is 5.91 Å². The zero-order valence-corrected chi connectivity index (χ0v) is 16.2. The molecule has 3 N–H and O–H groups in total. The van der Waals surface area contributed by atoms with E-state index in [4.69, 9.17) is 15.2 Å². The monoisotopic (exact) mass is 401 g/mol. The number of amides is 1. The Morgan fingerprint density at radius 1 is 1.46 bits per heavy atom. The first-order valence-electron chi connectivity index (χ1n) is 8.39. The molecule has 0 saturated carbocycles. The maximum absolute atomic E-state index is 12.4. The van der Waals surface area contributed by atoms with Crippen LogP contribution in [0.5, 0.6) is 5.88 Å². The molecule has 1 aliphatic rings. The van der Waals surface area contributed by atoms with Gasteiger partial charge < -0.3 is 20.1 Å². The summed E-state index contributed by atoms with van der Waals surface area (Å²) in [6.07, 6.45) is 2.53. The minimum Gasteiger partial charge on any atom is -0.479 e. The maximum Gasteiger partial charge on any atom is 0.260 e. The quantitative estimate of drug-likeness (QED) is 0.556. The molecule has 0 aliphatic carbocycles. The molecule has 1 saturated heterocycles. The van der Waals surface area contributed by atoms with Crippen molar-refractivity contribution in [2.45, 2.75) is 0 Å². The lowest BCUT2D eigenvalue weighted by Crippen LogP contribution is -2.36. The molecule has 2 aromatic heterocycles. The summed E-state index contributed by atoms with van der Waals surface area (Å²) in [4.78, 5) is 27.0. The highest BCUT2D eigenvalue weighted by Crippen LogP contribution is 2.40. The predicted octanol–water partition coefficient (Wildman–Crippen LogP) is 0.890. The third-order valence-corrected chi connectivity index (χ3v) is 5.02.